The highest BCUT2D eigenvalue weighted by Gasteiger charge is 2.28. The Morgan fingerprint density at radius 1 is 1.23 bits per heavy atom. The smallest absolute Gasteiger partial charge is 0.243 e. The van der Waals surface area contributed by atoms with E-state index in [4.69, 9.17) is 9.47 Å². The molecular formula is C26H33N5O4. The van der Waals surface area contributed by atoms with Crippen LogP contribution in [0.25, 0.3) is 0 Å². The van der Waals surface area contributed by atoms with Gasteiger partial charge in [-0.05, 0) is 44.4 Å². The first-order valence-electron chi connectivity index (χ1n) is 11.7. The molecule has 0 saturated carbocycles. The van der Waals surface area contributed by atoms with Crippen LogP contribution in [0.4, 0.5) is 5.82 Å². The molecule has 0 unspecified atom stereocenters. The van der Waals surface area contributed by atoms with E-state index in [0.717, 1.165) is 16.8 Å². The lowest BCUT2D eigenvalue weighted by Crippen LogP contribution is -2.52. The minimum absolute atomic E-state index is 0.0429. The van der Waals surface area contributed by atoms with Gasteiger partial charge in [-0.2, -0.15) is 5.26 Å². The van der Waals surface area contributed by atoms with Gasteiger partial charge in [-0.1, -0.05) is 12.1 Å². The number of pyridine rings is 1. The number of ether oxygens (including phenoxy) is 2. The molecule has 0 spiro atoms. The number of rotatable bonds is 8. The summed E-state index contributed by atoms with van der Waals surface area (Å²) < 4.78 is 10.8. The fourth-order valence-corrected chi connectivity index (χ4v) is 4.51. The van der Waals surface area contributed by atoms with Crippen molar-refractivity contribution in [3.63, 3.8) is 0 Å². The lowest BCUT2D eigenvalue weighted by atomic mass is 10.0. The zero-order valence-electron chi connectivity index (χ0n) is 21.0. The van der Waals surface area contributed by atoms with Crippen molar-refractivity contribution in [2.45, 2.75) is 52.1 Å². The molecule has 1 aliphatic heterocycles. The van der Waals surface area contributed by atoms with Gasteiger partial charge in [0.15, 0.2) is 11.5 Å². The maximum absolute atomic E-state index is 13.2. The predicted octanol–water partition coefficient (Wildman–Crippen LogP) is 2.42. The molecule has 35 heavy (non-hydrogen) atoms. The summed E-state index contributed by atoms with van der Waals surface area (Å²) in [6.07, 6.45) is 1.68. The minimum Gasteiger partial charge on any atom is -0.493 e. The van der Waals surface area contributed by atoms with Gasteiger partial charge in [-0.25, -0.2) is 4.98 Å². The third-order valence-corrected chi connectivity index (χ3v) is 6.18. The fourth-order valence-electron chi connectivity index (χ4n) is 4.51. The van der Waals surface area contributed by atoms with Crippen LogP contribution in [0.3, 0.4) is 0 Å². The van der Waals surface area contributed by atoms with Gasteiger partial charge < -0.3 is 25.0 Å². The number of benzene rings is 1. The molecule has 1 fully saturated rings. The predicted molar refractivity (Wildman–Crippen MR) is 133 cm³/mol. The second kappa shape index (κ2) is 11.6. The topological polar surface area (TPSA) is 117 Å². The van der Waals surface area contributed by atoms with Crippen molar-refractivity contribution in [3.8, 4) is 17.6 Å². The quantitative estimate of drug-likeness (QED) is 0.597. The van der Waals surface area contributed by atoms with Gasteiger partial charge in [0, 0.05) is 43.7 Å². The van der Waals surface area contributed by atoms with Gasteiger partial charge in [-0.15, -0.1) is 0 Å². The largest absolute Gasteiger partial charge is 0.493 e. The number of aromatic nitrogens is 1. The van der Waals surface area contributed by atoms with E-state index in [1.54, 1.807) is 20.3 Å². The number of methoxy groups -OCH3 is 2. The number of hydrogen-bond acceptors (Lipinski definition) is 7. The number of nitrogens with zero attached hydrogens (tertiary/aromatic N) is 3. The number of amides is 2. The Morgan fingerprint density at radius 2 is 1.94 bits per heavy atom. The van der Waals surface area contributed by atoms with Gasteiger partial charge in [-0.3, -0.25) is 9.59 Å². The highest BCUT2D eigenvalue weighted by atomic mass is 16.5. The summed E-state index contributed by atoms with van der Waals surface area (Å²) in [7, 11) is 3.10. The molecule has 0 radical (unpaired) electrons. The van der Waals surface area contributed by atoms with Crippen molar-refractivity contribution in [2.24, 2.45) is 0 Å². The summed E-state index contributed by atoms with van der Waals surface area (Å²) in [4.78, 5) is 31.7. The molecule has 9 nitrogen and oxygen atoms in total. The van der Waals surface area contributed by atoms with Crippen molar-refractivity contribution in [3.05, 3.63) is 46.6 Å². The van der Waals surface area contributed by atoms with Gasteiger partial charge in [0.25, 0.3) is 0 Å². The van der Waals surface area contributed by atoms with Crippen molar-refractivity contribution < 1.29 is 19.1 Å². The monoisotopic (exact) mass is 479 g/mol. The number of nitriles is 1. The number of nitrogens with one attached hydrogen (secondary N) is 2. The molecular weight excluding hydrogens is 446 g/mol. The molecule has 0 bridgehead atoms. The lowest BCUT2D eigenvalue weighted by molar-refractivity contribution is -0.128. The molecule has 1 aromatic carbocycles. The zero-order valence-corrected chi connectivity index (χ0v) is 21.0. The number of carbonyl (C=O) groups excluding carboxylic acids is 2. The average molecular weight is 480 g/mol. The van der Waals surface area contributed by atoms with Crippen LogP contribution in [0, 0.1) is 25.2 Å². The average Bonchev–Trinajstić information content (AvgIpc) is 2.83. The van der Waals surface area contributed by atoms with E-state index in [1.807, 2.05) is 32.0 Å². The second-order valence-electron chi connectivity index (χ2n) is 8.77. The standard InChI is InChI=1S/C26H33N5O4/c1-16-13-17(2)28-25(21(16)15-27)31-11-9-20(10-12-31)30-26(33)22(29-18(3)32)14-19-7-6-8-23(34-4)24(19)35-5/h6-8,13,20,22H,9-12,14H2,1-5H3,(H,29,32)(H,30,33)/t22-/m0/s1. The Balaban J connectivity index is 1.68. The second-order valence-corrected chi connectivity index (χ2v) is 8.77. The molecule has 2 aromatic rings. The Kier molecular flexibility index (Phi) is 8.53. The third-order valence-electron chi connectivity index (χ3n) is 6.18. The third kappa shape index (κ3) is 6.21. The van der Waals surface area contributed by atoms with Crippen molar-refractivity contribution >= 4 is 17.6 Å². The summed E-state index contributed by atoms with van der Waals surface area (Å²) in [5.74, 6) is 1.28. The van der Waals surface area contributed by atoms with E-state index in [9.17, 15) is 14.9 Å². The number of hydrogen-bond donors (Lipinski definition) is 2. The first-order valence-corrected chi connectivity index (χ1v) is 11.7. The van der Waals surface area contributed by atoms with Crippen LogP contribution in [0.5, 0.6) is 11.5 Å². The van der Waals surface area contributed by atoms with Crippen molar-refractivity contribution in [2.75, 3.05) is 32.2 Å². The number of anilines is 1. The first kappa shape index (κ1) is 25.8. The molecule has 2 amide bonds. The number of carbonyl (C=O) groups is 2. The molecule has 2 N–H and O–H groups in total. The summed E-state index contributed by atoms with van der Waals surface area (Å²) in [5, 5.41) is 15.5. The summed E-state index contributed by atoms with van der Waals surface area (Å²) in [5.41, 5.74) is 3.14. The molecule has 2 heterocycles. The van der Waals surface area contributed by atoms with E-state index in [0.29, 0.717) is 48.8 Å². The maximum Gasteiger partial charge on any atom is 0.243 e. The van der Waals surface area contributed by atoms with Gasteiger partial charge in [0.05, 0.1) is 19.8 Å². The molecule has 1 saturated heterocycles. The van der Waals surface area contributed by atoms with Gasteiger partial charge in [0.2, 0.25) is 11.8 Å². The van der Waals surface area contributed by atoms with Gasteiger partial charge >= 0.3 is 0 Å². The van der Waals surface area contributed by atoms with Crippen LogP contribution in [-0.2, 0) is 16.0 Å². The fraction of sp³-hybridized carbons (Fsp3) is 0.462. The summed E-state index contributed by atoms with van der Waals surface area (Å²) >= 11 is 0. The highest BCUT2D eigenvalue weighted by molar-refractivity contribution is 5.87. The van der Waals surface area contributed by atoms with E-state index in [-0.39, 0.29) is 24.3 Å². The summed E-state index contributed by atoms with van der Waals surface area (Å²) in [6.45, 7) is 6.58. The van der Waals surface area contributed by atoms with Crippen LogP contribution in [0.15, 0.2) is 24.3 Å². The SMILES string of the molecule is COc1cccc(C[C@H](NC(C)=O)C(=O)NC2CCN(c3nc(C)cc(C)c3C#N)CC2)c1OC. The number of aryl methyl sites for hydroxylation is 2. The van der Waals surface area contributed by atoms with Crippen LogP contribution >= 0.6 is 0 Å². The minimum atomic E-state index is -0.752. The van der Waals surface area contributed by atoms with Crippen molar-refractivity contribution in [1.82, 2.24) is 15.6 Å². The Hall–Kier alpha value is -3.80. The molecule has 3 rings (SSSR count). The Morgan fingerprint density at radius 3 is 2.54 bits per heavy atom. The maximum atomic E-state index is 13.2. The lowest BCUT2D eigenvalue weighted by Gasteiger charge is -2.34. The molecule has 1 aromatic heterocycles. The van der Waals surface area contributed by atoms with E-state index in [1.165, 1.54) is 6.92 Å². The van der Waals surface area contributed by atoms with Crippen LogP contribution < -0.4 is 25.0 Å². The number of piperidine rings is 1. The van der Waals surface area contributed by atoms with Crippen LogP contribution in [0.1, 0.15) is 42.1 Å². The zero-order chi connectivity index (χ0) is 25.5. The first-order chi connectivity index (χ1) is 16.8. The van der Waals surface area contributed by atoms with Crippen LogP contribution in [-0.4, -0.2) is 56.2 Å². The normalized spacial score (nSPS) is 14.6. The molecule has 0 aliphatic carbocycles. The van der Waals surface area contributed by atoms with Crippen molar-refractivity contribution in [1.29, 1.82) is 5.26 Å². The molecule has 1 atom stereocenters. The molecule has 186 valence electrons. The number of para-hydroxylation sites is 1. The van der Waals surface area contributed by atoms with E-state index >= 15 is 0 Å². The van der Waals surface area contributed by atoms with Gasteiger partial charge in [0.1, 0.15) is 17.9 Å². The molecule has 1 aliphatic rings. The Labute approximate surface area is 206 Å². The molecule has 9 heteroatoms. The summed E-state index contributed by atoms with van der Waals surface area (Å²) in [6, 6.07) is 8.85. The van der Waals surface area contributed by atoms with Crippen LogP contribution in [0.2, 0.25) is 0 Å². The Bertz CT molecular complexity index is 1120. The van der Waals surface area contributed by atoms with E-state index < -0.39 is 6.04 Å². The highest BCUT2D eigenvalue weighted by Crippen LogP contribution is 2.31. The van der Waals surface area contributed by atoms with E-state index in [2.05, 4.69) is 26.6 Å².